The Kier molecular flexibility index (Phi) is 6.72. The molecule has 9 nitrogen and oxygen atoms in total. The molecule has 162 valence electrons. The maximum Gasteiger partial charge on any atom is 0.220 e. The number of pyridine rings is 1. The van der Waals surface area contributed by atoms with Gasteiger partial charge in [-0.15, -0.1) is 0 Å². The van der Waals surface area contributed by atoms with E-state index in [-0.39, 0.29) is 12.1 Å². The van der Waals surface area contributed by atoms with Crippen molar-refractivity contribution in [2.24, 2.45) is 0 Å². The summed E-state index contributed by atoms with van der Waals surface area (Å²) in [6, 6.07) is 6.25. The molecule has 2 aliphatic heterocycles. The van der Waals surface area contributed by atoms with Crippen LogP contribution in [0.5, 0.6) is 0 Å². The second-order valence-electron chi connectivity index (χ2n) is 7.71. The van der Waals surface area contributed by atoms with Gasteiger partial charge in [0, 0.05) is 31.6 Å². The van der Waals surface area contributed by atoms with Gasteiger partial charge in [0.2, 0.25) is 5.95 Å². The average molecular weight is 422 g/mol. The molecule has 9 heteroatoms. The molecule has 2 aliphatic rings. The Hall–Kier alpha value is -3.06. The number of nitrogens with zero attached hydrogens (tertiary/aromatic N) is 5. The van der Waals surface area contributed by atoms with Crippen molar-refractivity contribution in [2.75, 3.05) is 32.2 Å². The van der Waals surface area contributed by atoms with Crippen LogP contribution in [0.25, 0.3) is 16.8 Å². The van der Waals surface area contributed by atoms with Crippen LogP contribution in [0.1, 0.15) is 42.7 Å². The molecule has 5 heterocycles. The molecule has 0 radical (unpaired) electrons. The molecule has 5 rings (SSSR count). The van der Waals surface area contributed by atoms with E-state index < -0.39 is 0 Å². The van der Waals surface area contributed by atoms with Gasteiger partial charge in [0.1, 0.15) is 6.07 Å². The van der Waals surface area contributed by atoms with Crippen LogP contribution in [0.15, 0.2) is 30.7 Å². The van der Waals surface area contributed by atoms with E-state index in [1.165, 1.54) is 11.8 Å². The first kappa shape index (κ1) is 21.2. The molecule has 31 heavy (non-hydrogen) atoms. The number of hydrogen-bond acceptors (Lipinski definition) is 8. The quantitative estimate of drug-likeness (QED) is 0.643. The summed E-state index contributed by atoms with van der Waals surface area (Å²) in [4.78, 5) is 8.10. The Morgan fingerprint density at radius 1 is 1.13 bits per heavy atom. The van der Waals surface area contributed by atoms with Gasteiger partial charge >= 0.3 is 0 Å². The molecule has 3 aromatic heterocycles. The fraction of sp³-hybridized carbons (Fsp3) is 0.455. The first-order valence-electron chi connectivity index (χ1n) is 10.5. The van der Waals surface area contributed by atoms with E-state index in [2.05, 4.69) is 27.2 Å². The van der Waals surface area contributed by atoms with Crippen molar-refractivity contribution in [3.05, 3.63) is 41.9 Å². The molecule has 1 atom stereocenters. The van der Waals surface area contributed by atoms with Gasteiger partial charge in [-0.3, -0.25) is 0 Å². The summed E-state index contributed by atoms with van der Waals surface area (Å²) in [5.74, 6) is 0.641. The largest absolute Gasteiger partial charge is 0.391 e. The van der Waals surface area contributed by atoms with E-state index in [1.807, 2.05) is 16.8 Å². The molecule has 1 unspecified atom stereocenters. The Bertz CT molecular complexity index is 1060. The fourth-order valence-corrected chi connectivity index (χ4v) is 3.86. The normalized spacial score (nSPS) is 19.4. The molecule has 0 aliphatic carbocycles. The van der Waals surface area contributed by atoms with Gasteiger partial charge < -0.3 is 20.3 Å². The summed E-state index contributed by atoms with van der Waals surface area (Å²) in [6.07, 6.45) is 9.01. The van der Waals surface area contributed by atoms with Crippen LogP contribution in [-0.4, -0.2) is 57.2 Å². The van der Waals surface area contributed by atoms with E-state index in [4.69, 9.17) is 20.3 Å². The summed E-state index contributed by atoms with van der Waals surface area (Å²) < 4.78 is 12.2. The second kappa shape index (κ2) is 9.83. The zero-order valence-corrected chi connectivity index (χ0v) is 17.3. The van der Waals surface area contributed by atoms with Crippen LogP contribution in [0, 0.1) is 11.3 Å². The number of nitrogen functional groups attached to an aromatic ring is 1. The van der Waals surface area contributed by atoms with Crippen LogP contribution in [-0.2, 0) is 9.47 Å². The minimum absolute atomic E-state index is 0.141. The minimum Gasteiger partial charge on any atom is -0.391 e. The van der Waals surface area contributed by atoms with Gasteiger partial charge in [-0.05, 0) is 43.2 Å². The van der Waals surface area contributed by atoms with Crippen molar-refractivity contribution >= 4 is 11.5 Å². The number of nitriles is 1. The van der Waals surface area contributed by atoms with Crippen LogP contribution in [0.3, 0.4) is 0 Å². The van der Waals surface area contributed by atoms with Crippen LogP contribution >= 0.6 is 0 Å². The lowest BCUT2D eigenvalue weighted by Crippen LogP contribution is -2.21. The van der Waals surface area contributed by atoms with E-state index in [1.54, 1.807) is 6.20 Å². The number of fused-ring (bicyclic) bond motifs is 1. The number of aromatic nitrogens is 4. The molecule has 2 saturated heterocycles. The third-order valence-electron chi connectivity index (χ3n) is 5.55. The molecule has 0 spiro atoms. The van der Waals surface area contributed by atoms with Crippen molar-refractivity contribution in [2.45, 2.75) is 37.7 Å². The van der Waals surface area contributed by atoms with Crippen molar-refractivity contribution in [3.8, 4) is 17.3 Å². The Morgan fingerprint density at radius 2 is 1.97 bits per heavy atom. The predicted molar refractivity (Wildman–Crippen MR) is 114 cm³/mol. The molecule has 2 fully saturated rings. The third kappa shape index (κ3) is 4.99. The third-order valence-corrected chi connectivity index (χ3v) is 5.55. The fourth-order valence-electron chi connectivity index (χ4n) is 3.86. The summed E-state index contributed by atoms with van der Waals surface area (Å²) in [5, 5.41) is 22.5. The van der Waals surface area contributed by atoms with Gasteiger partial charge in [0.05, 0.1) is 41.9 Å². The van der Waals surface area contributed by atoms with Crippen molar-refractivity contribution in [3.63, 3.8) is 0 Å². The van der Waals surface area contributed by atoms with E-state index in [9.17, 15) is 5.26 Å². The summed E-state index contributed by atoms with van der Waals surface area (Å²) in [7, 11) is 0. The average Bonchev–Trinajstić information content (AvgIpc) is 3.24. The number of aliphatic hydroxyl groups is 1. The molecule has 0 bridgehead atoms. The first-order chi connectivity index (χ1) is 15.2. The monoisotopic (exact) mass is 422 g/mol. The van der Waals surface area contributed by atoms with Crippen LogP contribution < -0.4 is 5.73 Å². The number of ether oxygens (including phenoxy) is 2. The van der Waals surface area contributed by atoms with Gasteiger partial charge in [0.25, 0.3) is 0 Å². The predicted octanol–water partition coefficient (Wildman–Crippen LogP) is 2.30. The number of nitrogens with two attached hydrogens (primary N) is 1. The zero-order valence-electron chi connectivity index (χ0n) is 17.3. The molecule has 3 aromatic rings. The minimum atomic E-state index is -0.186. The summed E-state index contributed by atoms with van der Waals surface area (Å²) in [6.45, 7) is 2.98. The van der Waals surface area contributed by atoms with Crippen molar-refractivity contribution in [1.82, 2.24) is 19.6 Å². The van der Waals surface area contributed by atoms with E-state index >= 15 is 0 Å². The topological polar surface area (TPSA) is 132 Å². The molecular weight excluding hydrogens is 396 g/mol. The number of hydrogen-bond donors (Lipinski definition) is 2. The molecular formula is C22H26N6O3. The lowest BCUT2D eigenvalue weighted by Gasteiger charge is -2.22. The lowest BCUT2D eigenvalue weighted by molar-refractivity contribution is -0.00535. The van der Waals surface area contributed by atoms with Gasteiger partial charge in [-0.25, -0.2) is 14.5 Å². The highest BCUT2D eigenvalue weighted by atomic mass is 16.5. The van der Waals surface area contributed by atoms with Crippen LogP contribution in [0.4, 0.5) is 5.95 Å². The van der Waals surface area contributed by atoms with Crippen molar-refractivity contribution < 1.29 is 14.6 Å². The maximum absolute atomic E-state index is 9.28. The highest BCUT2D eigenvalue weighted by Gasteiger charge is 2.18. The standard InChI is InChI=1S/C17H16N6O.C5H10O2/c18-7-13-8-20-17(19)22-16(13)14-9-21-23-10-12(1-2-15(14)23)11-3-5-24-6-4-11;6-5-2-1-3-7-4-5/h1-2,8-11H,3-6H2,(H2,19,20,22);5-6H,1-4H2. The van der Waals surface area contributed by atoms with Gasteiger partial charge in [0.15, 0.2) is 0 Å². The van der Waals surface area contributed by atoms with E-state index in [0.717, 1.165) is 56.6 Å². The highest BCUT2D eigenvalue weighted by molar-refractivity contribution is 5.81. The Labute approximate surface area is 180 Å². The molecule has 3 N–H and O–H groups in total. The number of anilines is 1. The number of aliphatic hydroxyl groups excluding tert-OH is 1. The summed E-state index contributed by atoms with van der Waals surface area (Å²) >= 11 is 0. The Balaban J connectivity index is 0.000000282. The molecule has 0 saturated carbocycles. The maximum atomic E-state index is 9.28. The smallest absolute Gasteiger partial charge is 0.220 e. The van der Waals surface area contributed by atoms with Crippen LogP contribution in [0.2, 0.25) is 0 Å². The number of rotatable bonds is 2. The highest BCUT2D eigenvalue weighted by Crippen LogP contribution is 2.30. The summed E-state index contributed by atoms with van der Waals surface area (Å²) in [5.41, 5.74) is 9.50. The molecule has 0 aromatic carbocycles. The van der Waals surface area contributed by atoms with E-state index in [0.29, 0.717) is 23.8 Å². The first-order valence-corrected chi connectivity index (χ1v) is 10.5. The van der Waals surface area contributed by atoms with Gasteiger partial charge in [-0.1, -0.05) is 6.07 Å². The molecule has 0 amide bonds. The second-order valence-corrected chi connectivity index (χ2v) is 7.71. The lowest BCUT2D eigenvalue weighted by atomic mass is 9.93. The Morgan fingerprint density at radius 3 is 2.65 bits per heavy atom. The van der Waals surface area contributed by atoms with Gasteiger partial charge in [-0.2, -0.15) is 10.4 Å². The van der Waals surface area contributed by atoms with Crippen molar-refractivity contribution in [1.29, 1.82) is 5.26 Å². The SMILES string of the molecule is N#Cc1cnc(N)nc1-c1cnn2cc(C3CCOCC3)ccc12.OC1CCCOC1. The zero-order chi connectivity index (χ0) is 21.6.